The van der Waals surface area contributed by atoms with Gasteiger partial charge in [0, 0.05) is 31.2 Å². The molecule has 1 amide bonds. The third-order valence-electron chi connectivity index (χ3n) is 6.86. The molecule has 1 saturated carbocycles. The lowest BCUT2D eigenvalue weighted by atomic mass is 9.82. The third kappa shape index (κ3) is 7.37. The van der Waals surface area contributed by atoms with Crippen LogP contribution in [0.2, 0.25) is 0 Å². The lowest BCUT2D eigenvalue weighted by molar-refractivity contribution is -0.00575. The van der Waals surface area contributed by atoms with Crippen LogP contribution in [0.3, 0.4) is 0 Å². The number of piperidine rings is 1. The number of alkyl carbamates (subject to hydrolysis) is 1. The van der Waals surface area contributed by atoms with Gasteiger partial charge in [-0.3, -0.25) is 0 Å². The zero-order chi connectivity index (χ0) is 24.8. The first-order valence-corrected chi connectivity index (χ1v) is 12.7. The number of aromatic nitrogens is 2. The van der Waals surface area contributed by atoms with Crippen molar-refractivity contribution in [1.82, 2.24) is 15.5 Å². The first-order chi connectivity index (χ1) is 16.8. The number of ether oxygens (including phenoxy) is 2. The Kier molecular flexibility index (Phi) is 8.21. The number of anilines is 1. The molecule has 8 heteroatoms. The van der Waals surface area contributed by atoms with Crippen molar-refractivity contribution in [2.45, 2.75) is 76.5 Å². The summed E-state index contributed by atoms with van der Waals surface area (Å²) in [7, 11) is 0. The van der Waals surface area contributed by atoms with Gasteiger partial charge in [-0.1, -0.05) is 12.1 Å². The fourth-order valence-electron chi connectivity index (χ4n) is 5.10. The van der Waals surface area contributed by atoms with E-state index in [2.05, 4.69) is 20.4 Å². The van der Waals surface area contributed by atoms with Gasteiger partial charge in [-0.05, 0) is 88.6 Å². The minimum atomic E-state index is -0.545. The van der Waals surface area contributed by atoms with Crippen LogP contribution in [0.4, 0.5) is 15.0 Å². The molecule has 35 heavy (non-hydrogen) atoms. The number of nitrogens with zero attached hydrogens (tertiary/aromatic N) is 3. The van der Waals surface area contributed by atoms with E-state index in [1.807, 2.05) is 39.0 Å². The van der Waals surface area contributed by atoms with E-state index < -0.39 is 11.7 Å². The molecule has 0 radical (unpaired) electrons. The van der Waals surface area contributed by atoms with Gasteiger partial charge in [0.25, 0.3) is 0 Å². The van der Waals surface area contributed by atoms with Gasteiger partial charge in [-0.15, -0.1) is 5.10 Å². The molecule has 2 heterocycles. The van der Waals surface area contributed by atoms with Crippen LogP contribution < -0.4 is 10.2 Å². The zero-order valence-corrected chi connectivity index (χ0v) is 21.0. The third-order valence-corrected chi connectivity index (χ3v) is 6.86. The summed E-state index contributed by atoms with van der Waals surface area (Å²) in [6.07, 6.45) is 6.11. The fourth-order valence-corrected chi connectivity index (χ4v) is 5.10. The predicted molar refractivity (Wildman–Crippen MR) is 133 cm³/mol. The van der Waals surface area contributed by atoms with Gasteiger partial charge in [-0.2, -0.15) is 5.10 Å². The Morgan fingerprint density at radius 3 is 2.63 bits per heavy atom. The normalized spacial score (nSPS) is 25.2. The number of hydrogen-bond acceptors (Lipinski definition) is 6. The molecule has 1 aromatic heterocycles. The number of carbonyl (C=O) groups excluding carboxylic acids is 1. The number of carbonyl (C=O) groups is 1. The van der Waals surface area contributed by atoms with Gasteiger partial charge in [0.15, 0.2) is 5.82 Å². The summed E-state index contributed by atoms with van der Waals surface area (Å²) in [5, 5.41) is 11.4. The Hall–Kier alpha value is -2.74. The van der Waals surface area contributed by atoms with E-state index in [4.69, 9.17) is 9.47 Å². The number of benzene rings is 1. The molecular weight excluding hydrogens is 447 g/mol. The molecule has 1 N–H and O–H groups in total. The summed E-state index contributed by atoms with van der Waals surface area (Å²) in [6, 6.07) is 10.8. The Bertz CT molecular complexity index is 960. The molecule has 1 aromatic carbocycles. The topological polar surface area (TPSA) is 76.6 Å². The highest BCUT2D eigenvalue weighted by atomic mass is 19.1. The first kappa shape index (κ1) is 25.4. The summed E-state index contributed by atoms with van der Waals surface area (Å²) in [6.45, 7) is 7.64. The molecule has 0 spiro atoms. The molecule has 1 aliphatic carbocycles. The molecule has 2 atom stereocenters. The highest BCUT2D eigenvalue weighted by Gasteiger charge is 2.33. The number of halogens is 1. The van der Waals surface area contributed by atoms with Crippen molar-refractivity contribution in [2.24, 2.45) is 5.92 Å². The van der Waals surface area contributed by atoms with Crippen LogP contribution in [0.25, 0.3) is 0 Å². The molecule has 2 fully saturated rings. The largest absolute Gasteiger partial charge is 0.444 e. The average Bonchev–Trinajstić information content (AvgIpc) is 2.83. The Morgan fingerprint density at radius 1 is 1.14 bits per heavy atom. The molecule has 0 unspecified atom stereocenters. The average molecular weight is 485 g/mol. The van der Waals surface area contributed by atoms with Crippen LogP contribution in [-0.2, 0) is 9.47 Å². The number of amides is 1. The maximum atomic E-state index is 13.6. The Morgan fingerprint density at radius 2 is 1.94 bits per heavy atom. The van der Waals surface area contributed by atoms with Gasteiger partial charge in [0.2, 0.25) is 0 Å². The lowest BCUT2D eigenvalue weighted by Gasteiger charge is -2.40. The van der Waals surface area contributed by atoms with Crippen molar-refractivity contribution in [3.63, 3.8) is 0 Å². The fraction of sp³-hybridized carbons (Fsp3) is 0.593. The van der Waals surface area contributed by atoms with E-state index in [1.54, 1.807) is 18.3 Å². The molecular formula is C27H37FN4O3. The lowest BCUT2D eigenvalue weighted by Crippen LogP contribution is -2.53. The van der Waals surface area contributed by atoms with Crippen molar-refractivity contribution in [1.29, 1.82) is 0 Å². The molecule has 4 rings (SSSR count). The summed E-state index contributed by atoms with van der Waals surface area (Å²) in [4.78, 5) is 14.7. The molecule has 1 saturated heterocycles. The van der Waals surface area contributed by atoms with Gasteiger partial charge in [-0.25, -0.2) is 9.18 Å². The van der Waals surface area contributed by atoms with Crippen molar-refractivity contribution >= 4 is 11.9 Å². The quantitative estimate of drug-likeness (QED) is 0.616. The monoisotopic (exact) mass is 484 g/mol. The second kappa shape index (κ2) is 11.3. The van der Waals surface area contributed by atoms with Crippen LogP contribution in [0, 0.1) is 11.7 Å². The molecule has 2 aromatic rings. The summed E-state index contributed by atoms with van der Waals surface area (Å²) in [5.74, 6) is 1.14. The van der Waals surface area contributed by atoms with Crippen LogP contribution in [0.15, 0.2) is 42.6 Å². The standard InChI is InChI=1S/C27H37FN4O3/c1-27(2,3)35-26(33)30-24-13-15-32(25-8-5-14-29-31-25)17-21(24)18-34-23-11-9-19(10-12-23)20-6-4-7-22(28)16-20/h4-8,14,16,19,21,23-24H,9-13,15,17-18H2,1-3H3,(H,30,33)/t19?,21-,23?,24-/m0/s1. The van der Waals surface area contributed by atoms with E-state index in [9.17, 15) is 9.18 Å². The smallest absolute Gasteiger partial charge is 0.407 e. The van der Waals surface area contributed by atoms with Gasteiger partial charge in [0.1, 0.15) is 11.4 Å². The summed E-state index contributed by atoms with van der Waals surface area (Å²) in [5.41, 5.74) is 0.536. The number of hydrogen-bond donors (Lipinski definition) is 1. The predicted octanol–water partition coefficient (Wildman–Crippen LogP) is 5.08. The molecule has 1 aliphatic heterocycles. The maximum absolute atomic E-state index is 13.6. The molecule has 0 bridgehead atoms. The van der Waals surface area contributed by atoms with Gasteiger partial charge < -0.3 is 19.7 Å². The van der Waals surface area contributed by atoms with E-state index in [1.165, 1.54) is 6.07 Å². The van der Waals surface area contributed by atoms with Crippen molar-refractivity contribution in [2.75, 3.05) is 24.6 Å². The zero-order valence-electron chi connectivity index (χ0n) is 21.0. The summed E-state index contributed by atoms with van der Waals surface area (Å²) >= 11 is 0. The van der Waals surface area contributed by atoms with Crippen molar-refractivity contribution in [3.8, 4) is 0 Å². The van der Waals surface area contributed by atoms with Crippen LogP contribution >= 0.6 is 0 Å². The van der Waals surface area contributed by atoms with Crippen molar-refractivity contribution < 1.29 is 18.7 Å². The first-order valence-electron chi connectivity index (χ1n) is 12.7. The van der Waals surface area contributed by atoms with Gasteiger partial charge >= 0.3 is 6.09 Å². The van der Waals surface area contributed by atoms with Crippen LogP contribution in [0.1, 0.15) is 64.4 Å². The minimum absolute atomic E-state index is 0.0404. The minimum Gasteiger partial charge on any atom is -0.444 e. The van der Waals surface area contributed by atoms with E-state index in [0.29, 0.717) is 12.5 Å². The molecule has 190 valence electrons. The highest BCUT2D eigenvalue weighted by Crippen LogP contribution is 2.35. The van der Waals surface area contributed by atoms with E-state index in [0.717, 1.165) is 56.6 Å². The summed E-state index contributed by atoms with van der Waals surface area (Å²) < 4.78 is 25.5. The van der Waals surface area contributed by atoms with E-state index >= 15 is 0 Å². The Balaban J connectivity index is 1.34. The van der Waals surface area contributed by atoms with Crippen LogP contribution in [-0.4, -0.2) is 53.7 Å². The van der Waals surface area contributed by atoms with Gasteiger partial charge in [0.05, 0.1) is 12.7 Å². The molecule has 2 aliphatic rings. The number of nitrogens with one attached hydrogen (secondary N) is 1. The maximum Gasteiger partial charge on any atom is 0.407 e. The van der Waals surface area contributed by atoms with Crippen molar-refractivity contribution in [3.05, 3.63) is 54.0 Å². The SMILES string of the molecule is CC(C)(C)OC(=O)N[C@H]1CCN(c2cccnn2)C[C@H]1COC1CCC(c2cccc(F)c2)CC1. The highest BCUT2D eigenvalue weighted by molar-refractivity contribution is 5.68. The second-order valence-corrected chi connectivity index (χ2v) is 10.7. The van der Waals surface area contributed by atoms with Crippen LogP contribution in [0.5, 0.6) is 0 Å². The number of rotatable bonds is 6. The molecule has 7 nitrogen and oxygen atoms in total. The van der Waals surface area contributed by atoms with E-state index in [-0.39, 0.29) is 23.9 Å². The Labute approximate surface area is 207 Å². The second-order valence-electron chi connectivity index (χ2n) is 10.7.